The van der Waals surface area contributed by atoms with Crippen LogP contribution in [0.2, 0.25) is 5.02 Å². The van der Waals surface area contributed by atoms with Gasteiger partial charge in [-0.25, -0.2) is 0 Å². The lowest BCUT2D eigenvalue weighted by Crippen LogP contribution is -1.89. The second kappa shape index (κ2) is 4.90. The highest BCUT2D eigenvalue weighted by Gasteiger charge is 2.03. The fourth-order valence-corrected chi connectivity index (χ4v) is 1.46. The summed E-state index contributed by atoms with van der Waals surface area (Å²) in [5.41, 5.74) is 0. The lowest BCUT2D eigenvalue weighted by Gasteiger charge is -2.09. The van der Waals surface area contributed by atoms with Crippen molar-refractivity contribution in [1.29, 1.82) is 0 Å². The van der Waals surface area contributed by atoms with E-state index in [4.69, 9.17) is 21.1 Å². The summed E-state index contributed by atoms with van der Waals surface area (Å²) in [5, 5.41) is 0.687. The number of hydrogen-bond donors (Lipinski definition) is 0. The van der Waals surface area contributed by atoms with Crippen molar-refractivity contribution >= 4 is 11.6 Å². The van der Waals surface area contributed by atoms with Crippen LogP contribution in [-0.4, -0.2) is 7.11 Å². The van der Waals surface area contributed by atoms with Crippen LogP contribution in [-0.2, 0) is 0 Å². The highest BCUT2D eigenvalue weighted by molar-refractivity contribution is 6.30. The van der Waals surface area contributed by atoms with Gasteiger partial charge in [0.25, 0.3) is 0 Å². The Bertz CT molecular complexity index is 466. The Morgan fingerprint density at radius 2 is 1.50 bits per heavy atom. The van der Waals surface area contributed by atoms with E-state index in [0.717, 1.165) is 5.75 Å². The van der Waals surface area contributed by atoms with E-state index in [-0.39, 0.29) is 0 Å². The van der Waals surface area contributed by atoms with Crippen molar-refractivity contribution in [1.82, 2.24) is 0 Å². The highest BCUT2D eigenvalue weighted by atomic mass is 35.5. The quantitative estimate of drug-likeness (QED) is 0.795. The second-order valence-electron chi connectivity index (χ2n) is 3.21. The van der Waals surface area contributed by atoms with Gasteiger partial charge in [-0.3, -0.25) is 0 Å². The third-order valence-corrected chi connectivity index (χ3v) is 2.36. The van der Waals surface area contributed by atoms with Crippen LogP contribution < -0.4 is 9.47 Å². The molecule has 0 heterocycles. The van der Waals surface area contributed by atoms with Crippen molar-refractivity contribution < 1.29 is 9.47 Å². The molecule has 0 N–H and O–H groups in total. The molecule has 0 saturated carbocycles. The summed E-state index contributed by atoms with van der Waals surface area (Å²) in [5.74, 6) is 2.12. The number of benzene rings is 2. The first kappa shape index (κ1) is 10.8. The molecule has 0 bridgehead atoms. The van der Waals surface area contributed by atoms with E-state index in [0.29, 0.717) is 16.5 Å². The maximum Gasteiger partial charge on any atom is 0.169 e. The molecular weight excluding hydrogens is 224 g/mol. The van der Waals surface area contributed by atoms with E-state index < -0.39 is 0 Å². The summed E-state index contributed by atoms with van der Waals surface area (Å²) >= 11 is 5.79. The molecule has 0 radical (unpaired) electrons. The number of halogens is 1. The molecule has 2 aromatic rings. The van der Waals surface area contributed by atoms with Gasteiger partial charge >= 0.3 is 0 Å². The zero-order valence-corrected chi connectivity index (χ0v) is 9.57. The van der Waals surface area contributed by atoms with Crippen LogP contribution in [0.3, 0.4) is 0 Å². The van der Waals surface area contributed by atoms with Crippen molar-refractivity contribution in [3.8, 4) is 17.2 Å². The minimum absolute atomic E-state index is 0.687. The minimum atomic E-state index is 0.687. The zero-order chi connectivity index (χ0) is 11.4. The van der Waals surface area contributed by atoms with Gasteiger partial charge in [-0.1, -0.05) is 23.7 Å². The Balaban J connectivity index is 2.23. The maximum absolute atomic E-state index is 5.79. The number of ether oxygens (including phenoxy) is 2. The van der Waals surface area contributed by atoms with Gasteiger partial charge in [0.1, 0.15) is 5.75 Å². The largest absolute Gasteiger partial charge is 0.493 e. The zero-order valence-electron chi connectivity index (χ0n) is 8.81. The van der Waals surface area contributed by atoms with Crippen LogP contribution in [0, 0.1) is 0 Å². The highest BCUT2D eigenvalue weighted by Crippen LogP contribution is 2.31. The number of para-hydroxylation sites is 2. The molecule has 2 nitrogen and oxygen atoms in total. The minimum Gasteiger partial charge on any atom is -0.493 e. The molecule has 3 heteroatoms. The molecule has 0 atom stereocenters. The summed E-state index contributed by atoms with van der Waals surface area (Å²) in [6.45, 7) is 0. The maximum atomic E-state index is 5.79. The van der Waals surface area contributed by atoms with Gasteiger partial charge in [-0.05, 0) is 36.4 Å². The first-order valence-electron chi connectivity index (χ1n) is 4.86. The number of hydrogen-bond acceptors (Lipinski definition) is 2. The Kier molecular flexibility index (Phi) is 3.32. The first-order chi connectivity index (χ1) is 7.79. The van der Waals surface area contributed by atoms with Crippen LogP contribution in [0.5, 0.6) is 17.2 Å². The SMILES string of the molecule is COc1ccccc1Oc1ccc(Cl)cc1. The smallest absolute Gasteiger partial charge is 0.169 e. The van der Waals surface area contributed by atoms with Gasteiger partial charge in [0.2, 0.25) is 0 Å². The molecule has 2 aromatic carbocycles. The summed E-state index contributed by atoms with van der Waals surface area (Å²) in [6.07, 6.45) is 0. The molecule has 0 fully saturated rings. The molecule has 0 aliphatic rings. The molecule has 0 unspecified atom stereocenters. The topological polar surface area (TPSA) is 18.5 Å². The Labute approximate surface area is 99.4 Å². The summed E-state index contributed by atoms with van der Waals surface area (Å²) in [6, 6.07) is 14.7. The number of rotatable bonds is 3. The van der Waals surface area contributed by atoms with Gasteiger partial charge in [-0.2, -0.15) is 0 Å². The van der Waals surface area contributed by atoms with Gasteiger partial charge in [-0.15, -0.1) is 0 Å². The van der Waals surface area contributed by atoms with Crippen molar-refractivity contribution in [2.75, 3.05) is 7.11 Å². The predicted octanol–water partition coefficient (Wildman–Crippen LogP) is 4.14. The van der Waals surface area contributed by atoms with Crippen LogP contribution in [0.1, 0.15) is 0 Å². The Hall–Kier alpha value is -1.67. The van der Waals surface area contributed by atoms with Crippen LogP contribution in [0.15, 0.2) is 48.5 Å². The molecule has 0 aromatic heterocycles. The molecule has 0 spiro atoms. The molecule has 0 saturated heterocycles. The van der Waals surface area contributed by atoms with Gasteiger partial charge < -0.3 is 9.47 Å². The van der Waals surface area contributed by atoms with E-state index in [1.54, 1.807) is 19.2 Å². The molecule has 0 aliphatic heterocycles. The molecule has 2 rings (SSSR count). The van der Waals surface area contributed by atoms with Crippen molar-refractivity contribution in [3.05, 3.63) is 53.6 Å². The van der Waals surface area contributed by atoms with Gasteiger partial charge in [0.15, 0.2) is 11.5 Å². The number of methoxy groups -OCH3 is 1. The van der Waals surface area contributed by atoms with Crippen molar-refractivity contribution in [2.24, 2.45) is 0 Å². The lowest BCUT2D eigenvalue weighted by atomic mass is 10.3. The third-order valence-electron chi connectivity index (χ3n) is 2.11. The summed E-state index contributed by atoms with van der Waals surface area (Å²) < 4.78 is 10.9. The van der Waals surface area contributed by atoms with Crippen molar-refractivity contribution in [3.63, 3.8) is 0 Å². The van der Waals surface area contributed by atoms with Crippen LogP contribution in [0.4, 0.5) is 0 Å². The molecular formula is C13H11ClO2. The molecule has 0 aliphatic carbocycles. The average molecular weight is 235 g/mol. The van der Waals surface area contributed by atoms with E-state index >= 15 is 0 Å². The summed E-state index contributed by atoms with van der Waals surface area (Å²) in [7, 11) is 1.62. The van der Waals surface area contributed by atoms with Crippen LogP contribution >= 0.6 is 11.6 Å². The normalized spacial score (nSPS) is 9.88. The van der Waals surface area contributed by atoms with Gasteiger partial charge in [0, 0.05) is 5.02 Å². The standard InChI is InChI=1S/C13H11ClO2/c1-15-12-4-2-3-5-13(12)16-11-8-6-10(14)7-9-11/h2-9H,1H3. The second-order valence-corrected chi connectivity index (χ2v) is 3.64. The van der Waals surface area contributed by atoms with Crippen LogP contribution in [0.25, 0.3) is 0 Å². The summed E-state index contributed by atoms with van der Waals surface area (Å²) in [4.78, 5) is 0. The van der Waals surface area contributed by atoms with E-state index in [2.05, 4.69) is 0 Å². The average Bonchev–Trinajstić information content (AvgIpc) is 2.33. The van der Waals surface area contributed by atoms with E-state index in [9.17, 15) is 0 Å². The van der Waals surface area contributed by atoms with Crippen molar-refractivity contribution in [2.45, 2.75) is 0 Å². The third kappa shape index (κ3) is 2.47. The van der Waals surface area contributed by atoms with E-state index in [1.807, 2.05) is 36.4 Å². The fourth-order valence-electron chi connectivity index (χ4n) is 1.33. The van der Waals surface area contributed by atoms with E-state index in [1.165, 1.54) is 0 Å². The Morgan fingerprint density at radius 3 is 2.12 bits per heavy atom. The molecule has 16 heavy (non-hydrogen) atoms. The van der Waals surface area contributed by atoms with Gasteiger partial charge in [0.05, 0.1) is 7.11 Å². The predicted molar refractivity (Wildman–Crippen MR) is 64.5 cm³/mol. The first-order valence-corrected chi connectivity index (χ1v) is 5.24. The Morgan fingerprint density at radius 1 is 0.875 bits per heavy atom. The molecule has 0 amide bonds. The monoisotopic (exact) mass is 234 g/mol. The fraction of sp³-hybridized carbons (Fsp3) is 0.0769. The molecule has 82 valence electrons. The lowest BCUT2D eigenvalue weighted by molar-refractivity contribution is 0.379.